The molecule has 1 aromatic carbocycles. The Morgan fingerprint density at radius 1 is 1.25 bits per heavy atom. The maximum Gasteiger partial charge on any atom is 0.514 e. The topological polar surface area (TPSA) is 97.1 Å². The van der Waals surface area contributed by atoms with Crippen molar-refractivity contribution in [3.63, 3.8) is 0 Å². The van der Waals surface area contributed by atoms with Crippen molar-refractivity contribution in [2.24, 2.45) is 11.8 Å². The number of nitrogens with zero attached hydrogens (tertiary/aromatic N) is 1. The highest BCUT2D eigenvalue weighted by Crippen LogP contribution is 2.27. The third-order valence-electron chi connectivity index (χ3n) is 4.00. The van der Waals surface area contributed by atoms with E-state index in [1.54, 1.807) is 7.11 Å². The van der Waals surface area contributed by atoms with Crippen LogP contribution in [0.2, 0.25) is 0 Å². The van der Waals surface area contributed by atoms with Gasteiger partial charge < -0.3 is 18.9 Å². The molecule has 1 aliphatic rings. The molecule has 4 unspecified atom stereocenters. The lowest BCUT2D eigenvalue weighted by molar-refractivity contribution is -0.384. The molecule has 8 nitrogen and oxygen atoms in total. The molecular weight excluding hydrogens is 318 g/mol. The SMILES string of the molecule is COC1OCC(OC(=O)Oc2ccc([N+](=O)[O-])cc2)C(C)CC1C. The van der Waals surface area contributed by atoms with Gasteiger partial charge in [0.25, 0.3) is 5.69 Å². The predicted molar refractivity (Wildman–Crippen MR) is 83.7 cm³/mol. The summed E-state index contributed by atoms with van der Waals surface area (Å²) in [5.41, 5.74) is -0.0823. The van der Waals surface area contributed by atoms with Gasteiger partial charge in [-0.25, -0.2) is 4.79 Å². The second kappa shape index (κ2) is 8.07. The number of non-ortho nitro benzene ring substituents is 1. The lowest BCUT2D eigenvalue weighted by Gasteiger charge is -2.20. The van der Waals surface area contributed by atoms with E-state index in [2.05, 4.69) is 0 Å². The Hall–Kier alpha value is -2.19. The zero-order chi connectivity index (χ0) is 17.7. The van der Waals surface area contributed by atoms with Crippen LogP contribution in [0.1, 0.15) is 20.3 Å². The molecule has 1 aromatic rings. The fraction of sp³-hybridized carbons (Fsp3) is 0.562. The average Bonchev–Trinajstić information content (AvgIpc) is 2.66. The van der Waals surface area contributed by atoms with Gasteiger partial charge in [0.15, 0.2) is 6.29 Å². The van der Waals surface area contributed by atoms with Gasteiger partial charge in [-0.1, -0.05) is 13.8 Å². The summed E-state index contributed by atoms with van der Waals surface area (Å²) in [6, 6.07) is 5.20. The van der Waals surface area contributed by atoms with E-state index in [4.69, 9.17) is 18.9 Å². The van der Waals surface area contributed by atoms with Crippen LogP contribution >= 0.6 is 0 Å². The molecule has 0 aliphatic carbocycles. The van der Waals surface area contributed by atoms with Gasteiger partial charge in [0.05, 0.1) is 11.5 Å². The van der Waals surface area contributed by atoms with Crippen LogP contribution < -0.4 is 4.74 Å². The Bertz CT molecular complexity index is 574. The maximum atomic E-state index is 11.9. The minimum absolute atomic E-state index is 0.0823. The normalized spacial score (nSPS) is 27.1. The van der Waals surface area contributed by atoms with E-state index >= 15 is 0 Å². The highest BCUT2D eigenvalue weighted by Gasteiger charge is 2.32. The fourth-order valence-corrected chi connectivity index (χ4v) is 2.70. The van der Waals surface area contributed by atoms with Crippen molar-refractivity contribution < 1.29 is 28.7 Å². The summed E-state index contributed by atoms with van der Waals surface area (Å²) >= 11 is 0. The van der Waals surface area contributed by atoms with Crippen LogP contribution in [0.5, 0.6) is 5.75 Å². The van der Waals surface area contributed by atoms with Gasteiger partial charge >= 0.3 is 6.16 Å². The number of hydrogen-bond acceptors (Lipinski definition) is 7. The van der Waals surface area contributed by atoms with Gasteiger partial charge in [0, 0.05) is 25.2 Å². The summed E-state index contributed by atoms with van der Waals surface area (Å²) in [6.45, 7) is 4.21. The smallest absolute Gasteiger partial charge is 0.428 e. The average molecular weight is 339 g/mol. The number of nitro groups is 1. The molecule has 2 rings (SSSR count). The summed E-state index contributed by atoms with van der Waals surface area (Å²) in [5, 5.41) is 10.6. The minimum Gasteiger partial charge on any atom is -0.428 e. The molecule has 24 heavy (non-hydrogen) atoms. The molecular formula is C16H21NO7. The summed E-state index contributed by atoms with van der Waals surface area (Å²) in [5.74, 6) is 0.449. The van der Waals surface area contributed by atoms with E-state index in [1.807, 2.05) is 13.8 Å². The van der Waals surface area contributed by atoms with Gasteiger partial charge in [-0.2, -0.15) is 0 Å². The minimum atomic E-state index is -0.868. The number of methoxy groups -OCH3 is 1. The first kappa shape index (κ1) is 18.2. The number of ether oxygens (including phenoxy) is 4. The molecule has 132 valence electrons. The first-order valence-corrected chi connectivity index (χ1v) is 7.68. The Kier molecular flexibility index (Phi) is 6.10. The highest BCUT2D eigenvalue weighted by molar-refractivity contribution is 5.64. The quantitative estimate of drug-likeness (QED) is 0.360. The van der Waals surface area contributed by atoms with Crippen molar-refractivity contribution in [2.75, 3.05) is 13.7 Å². The van der Waals surface area contributed by atoms with Crippen LogP contribution in [-0.4, -0.2) is 37.2 Å². The van der Waals surface area contributed by atoms with Gasteiger partial charge in [0.2, 0.25) is 0 Å². The van der Waals surface area contributed by atoms with Crippen LogP contribution in [0.15, 0.2) is 24.3 Å². The monoisotopic (exact) mass is 339 g/mol. The number of rotatable bonds is 4. The first-order chi connectivity index (χ1) is 11.4. The molecule has 1 aliphatic heterocycles. The Morgan fingerprint density at radius 2 is 1.92 bits per heavy atom. The third kappa shape index (κ3) is 4.65. The van der Waals surface area contributed by atoms with E-state index in [1.165, 1.54) is 24.3 Å². The van der Waals surface area contributed by atoms with Crippen molar-refractivity contribution in [2.45, 2.75) is 32.7 Å². The summed E-state index contributed by atoms with van der Waals surface area (Å²) in [7, 11) is 1.58. The molecule has 0 N–H and O–H groups in total. The zero-order valence-corrected chi connectivity index (χ0v) is 13.8. The lowest BCUT2D eigenvalue weighted by atomic mass is 9.94. The van der Waals surface area contributed by atoms with Gasteiger partial charge in [-0.05, 0) is 24.5 Å². The lowest BCUT2D eigenvalue weighted by Crippen LogP contribution is -2.30. The van der Waals surface area contributed by atoms with Crippen molar-refractivity contribution in [1.82, 2.24) is 0 Å². The van der Waals surface area contributed by atoms with Crippen molar-refractivity contribution in [3.05, 3.63) is 34.4 Å². The standard InChI is InChI=1S/C16H21NO7/c1-10-8-11(2)15(21-3)22-9-14(10)24-16(18)23-13-6-4-12(5-7-13)17(19)20/h4-7,10-11,14-15H,8-9H2,1-3H3. The number of carbonyl (C=O) groups excluding carboxylic acids is 1. The predicted octanol–water partition coefficient (Wildman–Crippen LogP) is 3.14. The van der Waals surface area contributed by atoms with E-state index in [-0.39, 0.29) is 36.2 Å². The molecule has 0 bridgehead atoms. The second-order valence-corrected chi connectivity index (χ2v) is 5.89. The van der Waals surface area contributed by atoms with Gasteiger partial charge in [-0.3, -0.25) is 10.1 Å². The van der Waals surface area contributed by atoms with E-state index in [0.29, 0.717) is 0 Å². The van der Waals surface area contributed by atoms with Crippen molar-refractivity contribution in [3.8, 4) is 5.75 Å². The van der Waals surface area contributed by atoms with E-state index < -0.39 is 17.2 Å². The molecule has 1 heterocycles. The van der Waals surface area contributed by atoms with Crippen molar-refractivity contribution >= 4 is 11.8 Å². The number of benzene rings is 1. The Labute approximate surface area is 139 Å². The first-order valence-electron chi connectivity index (χ1n) is 7.68. The molecule has 8 heteroatoms. The molecule has 0 aromatic heterocycles. The van der Waals surface area contributed by atoms with Gasteiger partial charge in [-0.15, -0.1) is 0 Å². The largest absolute Gasteiger partial charge is 0.514 e. The van der Waals surface area contributed by atoms with Crippen molar-refractivity contribution in [1.29, 1.82) is 0 Å². The van der Waals surface area contributed by atoms with Crippen LogP contribution in [0, 0.1) is 22.0 Å². The maximum absolute atomic E-state index is 11.9. The van der Waals surface area contributed by atoms with Crippen LogP contribution in [0.25, 0.3) is 0 Å². The number of nitro benzene ring substituents is 1. The molecule has 0 amide bonds. The van der Waals surface area contributed by atoms with Crippen LogP contribution in [0.3, 0.4) is 0 Å². The molecule has 4 atom stereocenters. The highest BCUT2D eigenvalue weighted by atomic mass is 16.7. The van der Waals surface area contributed by atoms with Crippen LogP contribution in [-0.2, 0) is 14.2 Å². The summed E-state index contributed by atoms with van der Waals surface area (Å²) in [4.78, 5) is 22.0. The van der Waals surface area contributed by atoms with Crippen LogP contribution in [0.4, 0.5) is 10.5 Å². The third-order valence-corrected chi connectivity index (χ3v) is 4.00. The summed E-state index contributed by atoms with van der Waals surface area (Å²) in [6.07, 6.45) is -0.855. The molecule has 0 spiro atoms. The Morgan fingerprint density at radius 3 is 2.50 bits per heavy atom. The van der Waals surface area contributed by atoms with E-state index in [9.17, 15) is 14.9 Å². The summed E-state index contributed by atoms with van der Waals surface area (Å²) < 4.78 is 21.3. The zero-order valence-electron chi connectivity index (χ0n) is 13.8. The second-order valence-electron chi connectivity index (χ2n) is 5.89. The van der Waals surface area contributed by atoms with Gasteiger partial charge in [0.1, 0.15) is 11.9 Å². The van der Waals surface area contributed by atoms with E-state index in [0.717, 1.165) is 6.42 Å². The number of carbonyl (C=O) groups is 1. The fourth-order valence-electron chi connectivity index (χ4n) is 2.70. The Balaban J connectivity index is 1.92. The molecule has 0 radical (unpaired) electrons. The molecule has 1 fully saturated rings. The molecule has 1 saturated heterocycles. The number of hydrogen-bond donors (Lipinski definition) is 0. The molecule has 0 saturated carbocycles.